The van der Waals surface area contributed by atoms with Crippen molar-refractivity contribution in [1.82, 2.24) is 5.32 Å². The molecule has 0 saturated heterocycles. The van der Waals surface area contributed by atoms with Crippen molar-refractivity contribution in [3.63, 3.8) is 0 Å². The maximum Gasteiger partial charge on any atom is 0.323 e. The second-order valence-electron chi connectivity index (χ2n) is 5.42. The minimum absolute atomic E-state index is 0.151. The lowest BCUT2D eigenvalue weighted by molar-refractivity contribution is -0.144. The first-order chi connectivity index (χ1) is 10.1. The SMILES string of the molecule is CCC(C)C(NC1CCSc2ccc(Cl)cc21)C(=O)OC. The van der Waals surface area contributed by atoms with Gasteiger partial charge in [-0.05, 0) is 41.9 Å². The van der Waals surface area contributed by atoms with Gasteiger partial charge in [-0.3, -0.25) is 10.1 Å². The molecule has 0 aromatic heterocycles. The number of carbonyl (C=O) groups excluding carboxylic acids is 1. The van der Waals surface area contributed by atoms with E-state index in [1.807, 2.05) is 23.9 Å². The summed E-state index contributed by atoms with van der Waals surface area (Å²) in [5, 5.41) is 4.23. The number of ether oxygens (including phenoxy) is 1. The molecule has 1 aromatic carbocycles. The van der Waals surface area contributed by atoms with E-state index in [0.29, 0.717) is 0 Å². The number of benzene rings is 1. The number of halogens is 1. The molecule has 0 aliphatic carbocycles. The van der Waals surface area contributed by atoms with E-state index in [1.165, 1.54) is 17.6 Å². The monoisotopic (exact) mass is 327 g/mol. The van der Waals surface area contributed by atoms with E-state index in [1.54, 1.807) is 0 Å². The van der Waals surface area contributed by atoms with Crippen LogP contribution in [-0.2, 0) is 9.53 Å². The van der Waals surface area contributed by atoms with Crippen molar-refractivity contribution < 1.29 is 9.53 Å². The smallest absolute Gasteiger partial charge is 0.323 e. The van der Waals surface area contributed by atoms with E-state index in [4.69, 9.17) is 16.3 Å². The number of thioether (sulfide) groups is 1. The van der Waals surface area contributed by atoms with Crippen LogP contribution in [0.25, 0.3) is 0 Å². The topological polar surface area (TPSA) is 38.3 Å². The van der Waals surface area contributed by atoms with Gasteiger partial charge in [0, 0.05) is 16.0 Å². The Morgan fingerprint density at radius 2 is 2.33 bits per heavy atom. The summed E-state index contributed by atoms with van der Waals surface area (Å²) >= 11 is 7.97. The second kappa shape index (κ2) is 7.52. The highest BCUT2D eigenvalue weighted by Gasteiger charge is 2.30. The molecule has 1 heterocycles. The Labute approximate surface area is 135 Å². The van der Waals surface area contributed by atoms with Gasteiger partial charge < -0.3 is 4.74 Å². The van der Waals surface area contributed by atoms with Crippen molar-refractivity contribution in [3.8, 4) is 0 Å². The fourth-order valence-electron chi connectivity index (χ4n) is 2.58. The molecule has 1 aliphatic rings. The van der Waals surface area contributed by atoms with Crippen LogP contribution in [0, 0.1) is 5.92 Å². The zero-order valence-corrected chi connectivity index (χ0v) is 14.3. The Morgan fingerprint density at radius 1 is 1.57 bits per heavy atom. The van der Waals surface area contributed by atoms with Crippen LogP contribution in [0.4, 0.5) is 0 Å². The highest BCUT2D eigenvalue weighted by molar-refractivity contribution is 7.99. The molecule has 1 N–H and O–H groups in total. The molecular weight excluding hydrogens is 306 g/mol. The predicted octanol–water partition coefficient (Wildman–Crippen LogP) is 4.05. The van der Waals surface area contributed by atoms with Crippen molar-refractivity contribution in [2.45, 2.75) is 43.7 Å². The van der Waals surface area contributed by atoms with Crippen LogP contribution in [0.3, 0.4) is 0 Å². The number of hydrogen-bond donors (Lipinski definition) is 1. The Bertz CT molecular complexity index is 509. The molecule has 0 spiro atoms. The van der Waals surface area contributed by atoms with Crippen LogP contribution in [-0.4, -0.2) is 24.9 Å². The minimum Gasteiger partial charge on any atom is -0.468 e. The predicted molar refractivity (Wildman–Crippen MR) is 87.9 cm³/mol. The molecule has 3 nitrogen and oxygen atoms in total. The first-order valence-corrected chi connectivity index (χ1v) is 8.69. The van der Waals surface area contributed by atoms with Crippen LogP contribution in [0.1, 0.15) is 38.3 Å². The summed E-state index contributed by atoms with van der Waals surface area (Å²) in [5.41, 5.74) is 1.19. The Balaban J connectivity index is 2.22. The van der Waals surface area contributed by atoms with E-state index in [0.717, 1.165) is 23.6 Å². The quantitative estimate of drug-likeness (QED) is 0.828. The lowest BCUT2D eigenvalue weighted by atomic mass is 9.95. The Kier molecular flexibility index (Phi) is 5.97. The van der Waals surface area contributed by atoms with Crippen molar-refractivity contribution in [1.29, 1.82) is 0 Å². The zero-order chi connectivity index (χ0) is 15.4. The van der Waals surface area contributed by atoms with E-state index in [2.05, 4.69) is 25.2 Å². The molecule has 1 aromatic rings. The number of carbonyl (C=O) groups is 1. The van der Waals surface area contributed by atoms with Crippen LogP contribution in [0.15, 0.2) is 23.1 Å². The van der Waals surface area contributed by atoms with Crippen molar-refractivity contribution in [3.05, 3.63) is 28.8 Å². The molecule has 3 atom stereocenters. The number of nitrogens with one attached hydrogen (secondary N) is 1. The Hall–Kier alpha value is -0.710. The lowest BCUT2D eigenvalue weighted by Crippen LogP contribution is -2.45. The molecule has 0 amide bonds. The van der Waals surface area contributed by atoms with Crippen LogP contribution in [0.5, 0.6) is 0 Å². The summed E-state index contributed by atoms with van der Waals surface area (Å²) in [4.78, 5) is 13.3. The Morgan fingerprint density at radius 3 is 3.00 bits per heavy atom. The van der Waals surface area contributed by atoms with E-state index in [-0.39, 0.29) is 24.0 Å². The summed E-state index contributed by atoms with van der Waals surface area (Å²) in [6.07, 6.45) is 1.92. The molecule has 3 unspecified atom stereocenters. The third kappa shape index (κ3) is 3.93. The third-order valence-corrected chi connectivity index (χ3v) is 5.42. The van der Waals surface area contributed by atoms with Gasteiger partial charge in [0.05, 0.1) is 7.11 Å². The molecule has 2 rings (SSSR count). The van der Waals surface area contributed by atoms with Crippen molar-refractivity contribution >= 4 is 29.3 Å². The first kappa shape index (κ1) is 16.7. The maximum absolute atomic E-state index is 12.0. The summed E-state index contributed by atoms with van der Waals surface area (Å²) < 4.78 is 4.96. The average Bonchev–Trinajstić information content (AvgIpc) is 2.51. The van der Waals surface area contributed by atoms with Gasteiger partial charge >= 0.3 is 5.97 Å². The van der Waals surface area contributed by atoms with Crippen LogP contribution >= 0.6 is 23.4 Å². The molecule has 1 aliphatic heterocycles. The van der Waals surface area contributed by atoms with E-state index < -0.39 is 0 Å². The van der Waals surface area contributed by atoms with Gasteiger partial charge in [-0.15, -0.1) is 11.8 Å². The molecule has 0 radical (unpaired) electrons. The summed E-state index contributed by atoms with van der Waals surface area (Å²) in [6.45, 7) is 4.16. The van der Waals surface area contributed by atoms with Crippen molar-refractivity contribution in [2.24, 2.45) is 5.92 Å². The van der Waals surface area contributed by atoms with Gasteiger partial charge in [-0.2, -0.15) is 0 Å². The number of esters is 1. The standard InChI is InChI=1S/C16H22ClNO2S/c1-4-10(2)15(16(19)20-3)18-13-7-8-21-14-6-5-11(17)9-12(13)14/h5-6,9-10,13,15,18H,4,7-8H2,1-3H3. The van der Waals surface area contributed by atoms with Crippen LogP contribution in [0.2, 0.25) is 5.02 Å². The van der Waals surface area contributed by atoms with Crippen LogP contribution < -0.4 is 5.32 Å². The van der Waals surface area contributed by atoms with Gasteiger partial charge in [-0.25, -0.2) is 0 Å². The van der Waals surface area contributed by atoms with Crippen molar-refractivity contribution in [2.75, 3.05) is 12.9 Å². The largest absolute Gasteiger partial charge is 0.468 e. The third-order valence-electron chi connectivity index (χ3n) is 4.06. The van der Waals surface area contributed by atoms with E-state index >= 15 is 0 Å². The number of fused-ring (bicyclic) bond motifs is 1. The lowest BCUT2D eigenvalue weighted by Gasteiger charge is -2.31. The summed E-state index contributed by atoms with van der Waals surface area (Å²) in [5.74, 6) is 1.08. The highest BCUT2D eigenvalue weighted by atomic mass is 35.5. The fourth-order valence-corrected chi connectivity index (χ4v) is 3.87. The zero-order valence-electron chi connectivity index (χ0n) is 12.7. The second-order valence-corrected chi connectivity index (χ2v) is 7.00. The molecule has 116 valence electrons. The number of rotatable bonds is 5. The number of hydrogen-bond acceptors (Lipinski definition) is 4. The average molecular weight is 328 g/mol. The van der Waals surface area contributed by atoms with Gasteiger partial charge in [0.15, 0.2) is 0 Å². The van der Waals surface area contributed by atoms with Gasteiger partial charge in [-0.1, -0.05) is 31.9 Å². The maximum atomic E-state index is 12.0. The van der Waals surface area contributed by atoms with Gasteiger partial charge in [0.2, 0.25) is 0 Å². The molecule has 0 bridgehead atoms. The minimum atomic E-state index is -0.278. The first-order valence-electron chi connectivity index (χ1n) is 7.33. The molecule has 0 fully saturated rings. The normalized spacial score (nSPS) is 20.5. The molecule has 21 heavy (non-hydrogen) atoms. The molecular formula is C16H22ClNO2S. The fraction of sp³-hybridized carbons (Fsp3) is 0.562. The summed E-state index contributed by atoms with van der Waals surface area (Å²) in [7, 11) is 1.45. The molecule has 5 heteroatoms. The highest BCUT2D eigenvalue weighted by Crippen LogP contribution is 2.38. The van der Waals surface area contributed by atoms with Gasteiger partial charge in [0.25, 0.3) is 0 Å². The number of methoxy groups -OCH3 is 1. The molecule has 0 saturated carbocycles. The summed E-state index contributed by atoms with van der Waals surface area (Å²) in [6, 6.07) is 5.86. The van der Waals surface area contributed by atoms with E-state index in [9.17, 15) is 4.79 Å². The van der Waals surface area contributed by atoms with Gasteiger partial charge in [0.1, 0.15) is 6.04 Å².